The van der Waals surface area contributed by atoms with Gasteiger partial charge in [0, 0.05) is 26.7 Å². The van der Waals surface area contributed by atoms with Gasteiger partial charge in [-0.1, -0.05) is 13.2 Å². The Morgan fingerprint density at radius 3 is 1.29 bits per heavy atom. The van der Waals surface area contributed by atoms with Crippen molar-refractivity contribution in [2.24, 2.45) is 0 Å². The summed E-state index contributed by atoms with van der Waals surface area (Å²) in [6.45, 7) is 10.2. The maximum Gasteiger partial charge on any atom is 0.328 e. The molecule has 0 unspecified atom stereocenters. The summed E-state index contributed by atoms with van der Waals surface area (Å²) < 4.78 is 9.26. The van der Waals surface area contributed by atoms with E-state index in [9.17, 15) is 19.2 Å². The van der Waals surface area contributed by atoms with Crippen LogP contribution < -0.4 is 10.6 Å². The summed E-state index contributed by atoms with van der Waals surface area (Å²) in [6.07, 6.45) is 0.137. The zero-order chi connectivity index (χ0) is 18.9. The second-order valence-corrected chi connectivity index (χ2v) is 5.17. The summed E-state index contributed by atoms with van der Waals surface area (Å²) in [5, 5.41) is 4.92. The molecule has 24 heavy (non-hydrogen) atoms. The molecule has 0 aliphatic heterocycles. The number of amides is 2. The third-order valence-electron chi connectivity index (χ3n) is 3.13. The number of nitrogens with one attached hydrogen (secondary N) is 2. The Labute approximate surface area is 141 Å². The minimum absolute atomic E-state index is 0.0685. The van der Waals surface area contributed by atoms with Crippen LogP contribution in [0.2, 0.25) is 0 Å². The third-order valence-corrected chi connectivity index (χ3v) is 3.13. The smallest absolute Gasteiger partial charge is 0.328 e. The Morgan fingerprint density at radius 2 is 1.08 bits per heavy atom. The first kappa shape index (κ1) is 21.4. The molecule has 0 spiro atoms. The topological polar surface area (TPSA) is 111 Å². The Morgan fingerprint density at radius 1 is 0.792 bits per heavy atom. The van der Waals surface area contributed by atoms with Gasteiger partial charge >= 0.3 is 11.9 Å². The molecule has 2 amide bonds. The molecule has 0 bridgehead atoms. The van der Waals surface area contributed by atoms with Crippen LogP contribution in [-0.2, 0) is 28.7 Å². The van der Waals surface area contributed by atoms with Crippen molar-refractivity contribution in [2.45, 2.75) is 38.8 Å². The fourth-order valence-corrected chi connectivity index (χ4v) is 1.94. The van der Waals surface area contributed by atoms with E-state index >= 15 is 0 Å². The van der Waals surface area contributed by atoms with Crippen LogP contribution in [0.15, 0.2) is 24.3 Å². The number of rotatable bonds is 9. The van der Waals surface area contributed by atoms with Crippen LogP contribution in [-0.4, -0.2) is 50.1 Å². The van der Waals surface area contributed by atoms with E-state index in [1.165, 1.54) is 28.1 Å². The normalized spacial score (nSPS) is 12.3. The highest BCUT2D eigenvalue weighted by Crippen LogP contribution is 2.19. The number of esters is 2. The van der Waals surface area contributed by atoms with E-state index in [4.69, 9.17) is 0 Å². The molecule has 0 rings (SSSR count). The number of ether oxygens (including phenoxy) is 2. The molecule has 2 atom stereocenters. The first-order valence-corrected chi connectivity index (χ1v) is 7.18. The highest BCUT2D eigenvalue weighted by molar-refractivity contribution is 5.84. The van der Waals surface area contributed by atoms with E-state index in [1.807, 2.05) is 0 Å². The first-order valence-electron chi connectivity index (χ1n) is 7.18. The van der Waals surface area contributed by atoms with Crippen LogP contribution in [0.4, 0.5) is 0 Å². The third kappa shape index (κ3) is 7.57. The van der Waals surface area contributed by atoms with E-state index < -0.39 is 35.8 Å². The van der Waals surface area contributed by atoms with E-state index in [1.54, 1.807) is 0 Å². The van der Waals surface area contributed by atoms with Crippen molar-refractivity contribution in [1.82, 2.24) is 10.6 Å². The van der Waals surface area contributed by atoms with Crippen molar-refractivity contribution in [3.63, 3.8) is 0 Å². The molecule has 0 aromatic heterocycles. The number of hydrogen-bond donors (Lipinski definition) is 2. The van der Waals surface area contributed by atoms with Crippen LogP contribution in [0.1, 0.15) is 26.7 Å². The lowest BCUT2D eigenvalue weighted by atomic mass is 9.95. The SMILES string of the molecule is C=C(C[C@@H](NC(C)=O)C(=O)OC)C(=C)C[C@@H](NC(C)=O)C(=O)OC. The van der Waals surface area contributed by atoms with Gasteiger partial charge in [0.25, 0.3) is 0 Å². The fourth-order valence-electron chi connectivity index (χ4n) is 1.94. The van der Waals surface area contributed by atoms with Crippen molar-refractivity contribution in [2.75, 3.05) is 14.2 Å². The molecule has 134 valence electrons. The van der Waals surface area contributed by atoms with Crippen molar-refractivity contribution < 1.29 is 28.7 Å². The summed E-state index contributed by atoms with van der Waals surface area (Å²) in [5.74, 6) is -2.03. The standard InChI is InChI=1S/C16H24N2O6/c1-9(7-13(15(21)23-5)17-11(3)19)10(2)8-14(16(22)24-6)18-12(4)20/h13-14H,1-2,7-8H2,3-6H3,(H,17,19)(H,18,20)/t13-,14-/m1/s1. The molecule has 0 aromatic rings. The van der Waals surface area contributed by atoms with Crippen molar-refractivity contribution >= 4 is 23.8 Å². The van der Waals surface area contributed by atoms with Gasteiger partial charge in [0.2, 0.25) is 11.8 Å². The Hall–Kier alpha value is -2.64. The predicted octanol–water partition coefficient (Wildman–Crippen LogP) is 0.234. The molecular weight excluding hydrogens is 316 g/mol. The van der Waals surface area contributed by atoms with E-state index in [0.29, 0.717) is 11.1 Å². The van der Waals surface area contributed by atoms with Gasteiger partial charge in [0.15, 0.2) is 0 Å². The maximum absolute atomic E-state index is 11.7. The van der Waals surface area contributed by atoms with Gasteiger partial charge in [-0.25, -0.2) is 9.59 Å². The van der Waals surface area contributed by atoms with Crippen molar-refractivity contribution in [3.8, 4) is 0 Å². The largest absolute Gasteiger partial charge is 0.467 e. The molecule has 0 saturated carbocycles. The van der Waals surface area contributed by atoms with Crippen molar-refractivity contribution in [3.05, 3.63) is 24.3 Å². The lowest BCUT2D eigenvalue weighted by Crippen LogP contribution is -2.42. The highest BCUT2D eigenvalue weighted by atomic mass is 16.5. The van der Waals surface area contributed by atoms with Crippen LogP contribution in [0.25, 0.3) is 0 Å². The van der Waals surface area contributed by atoms with Crippen LogP contribution in [0.3, 0.4) is 0 Å². The van der Waals surface area contributed by atoms with Crippen LogP contribution in [0.5, 0.6) is 0 Å². The highest BCUT2D eigenvalue weighted by Gasteiger charge is 2.25. The van der Waals surface area contributed by atoms with Gasteiger partial charge in [-0.15, -0.1) is 0 Å². The summed E-state index contributed by atoms with van der Waals surface area (Å²) >= 11 is 0. The minimum Gasteiger partial charge on any atom is -0.467 e. The first-order chi connectivity index (χ1) is 11.1. The second kappa shape index (κ2) is 10.2. The lowest BCUT2D eigenvalue weighted by Gasteiger charge is -2.20. The summed E-state index contributed by atoms with van der Waals surface area (Å²) in [5.41, 5.74) is 0.886. The van der Waals surface area contributed by atoms with Gasteiger partial charge < -0.3 is 20.1 Å². The second-order valence-electron chi connectivity index (χ2n) is 5.17. The molecule has 0 aliphatic carbocycles. The van der Waals surface area contributed by atoms with Crippen molar-refractivity contribution in [1.29, 1.82) is 0 Å². The molecule has 0 saturated heterocycles. The molecule has 8 heteroatoms. The van der Waals surface area contributed by atoms with Gasteiger partial charge in [0.05, 0.1) is 14.2 Å². The van der Waals surface area contributed by atoms with Gasteiger partial charge in [-0.2, -0.15) is 0 Å². The van der Waals surface area contributed by atoms with E-state index in [0.717, 1.165) is 0 Å². The summed E-state index contributed by atoms with van der Waals surface area (Å²) in [6, 6.07) is -1.82. The van der Waals surface area contributed by atoms with Gasteiger partial charge in [-0.05, 0) is 11.1 Å². The average Bonchev–Trinajstić information content (AvgIpc) is 2.50. The zero-order valence-corrected chi connectivity index (χ0v) is 14.4. The molecule has 0 aromatic carbocycles. The average molecular weight is 340 g/mol. The molecule has 2 N–H and O–H groups in total. The van der Waals surface area contributed by atoms with Gasteiger partial charge in [0.1, 0.15) is 12.1 Å². The minimum atomic E-state index is -0.908. The zero-order valence-electron chi connectivity index (χ0n) is 14.4. The molecule has 0 fully saturated rings. The van der Waals surface area contributed by atoms with Crippen LogP contribution in [0, 0.1) is 0 Å². The van der Waals surface area contributed by atoms with Gasteiger partial charge in [-0.3, -0.25) is 9.59 Å². The predicted molar refractivity (Wildman–Crippen MR) is 86.8 cm³/mol. The Kier molecular flexibility index (Phi) is 9.07. The number of carbonyl (C=O) groups is 4. The number of methoxy groups -OCH3 is 2. The molecular formula is C16H24N2O6. The Bertz CT molecular complexity index is 493. The van der Waals surface area contributed by atoms with Crippen LogP contribution >= 0.6 is 0 Å². The Balaban J connectivity index is 4.96. The fraction of sp³-hybridized carbons (Fsp3) is 0.500. The molecule has 8 nitrogen and oxygen atoms in total. The number of hydrogen-bond acceptors (Lipinski definition) is 6. The molecule has 0 heterocycles. The van der Waals surface area contributed by atoms with E-state index in [-0.39, 0.29) is 12.8 Å². The summed E-state index contributed by atoms with van der Waals surface area (Å²) in [7, 11) is 2.41. The quantitative estimate of drug-likeness (QED) is 0.459. The summed E-state index contributed by atoms with van der Waals surface area (Å²) in [4.78, 5) is 45.7. The lowest BCUT2D eigenvalue weighted by molar-refractivity contribution is -0.145. The van der Waals surface area contributed by atoms with E-state index in [2.05, 4.69) is 33.3 Å². The molecule has 0 aliphatic rings. The molecule has 0 radical (unpaired) electrons. The number of carbonyl (C=O) groups excluding carboxylic acids is 4. The monoisotopic (exact) mass is 340 g/mol. The maximum atomic E-state index is 11.7.